The van der Waals surface area contributed by atoms with Crippen LogP contribution in [0.1, 0.15) is 31.7 Å². The predicted molar refractivity (Wildman–Crippen MR) is 89.1 cm³/mol. The normalized spacial score (nSPS) is 17.0. The third-order valence-corrected chi connectivity index (χ3v) is 4.41. The zero-order valence-corrected chi connectivity index (χ0v) is 13.7. The van der Waals surface area contributed by atoms with Gasteiger partial charge in [0.2, 0.25) is 5.91 Å². The first kappa shape index (κ1) is 16.8. The summed E-state index contributed by atoms with van der Waals surface area (Å²) in [5.41, 5.74) is 1.22. The Labute approximate surface area is 133 Å². The Kier molecular flexibility index (Phi) is 6.72. The number of piperidine rings is 1. The highest BCUT2D eigenvalue weighted by atomic mass is 16.5. The van der Waals surface area contributed by atoms with Crippen LogP contribution in [0.2, 0.25) is 0 Å². The van der Waals surface area contributed by atoms with E-state index in [4.69, 9.17) is 4.74 Å². The minimum atomic E-state index is 0.138. The van der Waals surface area contributed by atoms with Gasteiger partial charge in [-0.25, -0.2) is 0 Å². The van der Waals surface area contributed by atoms with Gasteiger partial charge in [-0.3, -0.25) is 4.79 Å². The van der Waals surface area contributed by atoms with E-state index in [0.29, 0.717) is 31.4 Å². The number of hydrogen-bond donors (Lipinski definition) is 2. The molecule has 122 valence electrons. The first-order chi connectivity index (χ1) is 10.6. The molecule has 0 spiro atoms. The molecule has 4 nitrogen and oxygen atoms in total. The Bertz CT molecular complexity index is 453. The standard InChI is InChI=1S/C18H28N2O2/c1-14-3-5-17(6-4-14)22-12-11-20-18(21)13-15(2)16-7-9-19-10-8-16/h3-6,15-16,19H,7-13H2,1-2H3,(H,20,21). The molecule has 22 heavy (non-hydrogen) atoms. The van der Waals surface area contributed by atoms with E-state index in [2.05, 4.69) is 17.6 Å². The van der Waals surface area contributed by atoms with Gasteiger partial charge in [-0.1, -0.05) is 24.6 Å². The van der Waals surface area contributed by atoms with Crippen molar-refractivity contribution in [1.29, 1.82) is 0 Å². The van der Waals surface area contributed by atoms with Gasteiger partial charge in [0, 0.05) is 6.42 Å². The third-order valence-electron chi connectivity index (χ3n) is 4.41. The van der Waals surface area contributed by atoms with Crippen molar-refractivity contribution < 1.29 is 9.53 Å². The van der Waals surface area contributed by atoms with Gasteiger partial charge in [0.05, 0.1) is 6.54 Å². The number of benzene rings is 1. The number of ether oxygens (including phenoxy) is 1. The second-order valence-electron chi connectivity index (χ2n) is 6.28. The lowest BCUT2D eigenvalue weighted by molar-refractivity contribution is -0.122. The summed E-state index contributed by atoms with van der Waals surface area (Å²) < 4.78 is 5.61. The van der Waals surface area contributed by atoms with Crippen molar-refractivity contribution in [1.82, 2.24) is 10.6 Å². The Balaban J connectivity index is 1.60. The van der Waals surface area contributed by atoms with Gasteiger partial charge in [0.25, 0.3) is 0 Å². The van der Waals surface area contributed by atoms with Crippen molar-refractivity contribution in [3.8, 4) is 5.75 Å². The van der Waals surface area contributed by atoms with Gasteiger partial charge in [0.15, 0.2) is 0 Å². The van der Waals surface area contributed by atoms with E-state index in [-0.39, 0.29) is 5.91 Å². The fourth-order valence-electron chi connectivity index (χ4n) is 2.94. The SMILES string of the molecule is Cc1ccc(OCCNC(=O)CC(C)C2CCNCC2)cc1. The first-order valence-corrected chi connectivity index (χ1v) is 8.32. The molecule has 1 aliphatic rings. The molecular weight excluding hydrogens is 276 g/mol. The smallest absolute Gasteiger partial charge is 0.220 e. The van der Waals surface area contributed by atoms with Gasteiger partial charge < -0.3 is 15.4 Å². The molecule has 1 fully saturated rings. The average molecular weight is 304 g/mol. The zero-order valence-electron chi connectivity index (χ0n) is 13.7. The van der Waals surface area contributed by atoms with E-state index in [1.54, 1.807) is 0 Å². The summed E-state index contributed by atoms with van der Waals surface area (Å²) >= 11 is 0. The topological polar surface area (TPSA) is 50.4 Å². The molecule has 0 aromatic heterocycles. The second kappa shape index (κ2) is 8.79. The highest BCUT2D eigenvalue weighted by Gasteiger charge is 2.21. The van der Waals surface area contributed by atoms with Crippen molar-refractivity contribution >= 4 is 5.91 Å². The van der Waals surface area contributed by atoms with Crippen LogP contribution >= 0.6 is 0 Å². The van der Waals surface area contributed by atoms with Crippen LogP contribution in [-0.4, -0.2) is 32.1 Å². The molecule has 1 aliphatic heterocycles. The summed E-state index contributed by atoms with van der Waals surface area (Å²) in [4.78, 5) is 12.0. The molecule has 1 unspecified atom stereocenters. The highest BCUT2D eigenvalue weighted by Crippen LogP contribution is 2.24. The van der Waals surface area contributed by atoms with Crippen LogP contribution in [0.5, 0.6) is 5.75 Å². The van der Waals surface area contributed by atoms with Crippen LogP contribution in [0.3, 0.4) is 0 Å². The Morgan fingerprint density at radius 1 is 1.32 bits per heavy atom. The largest absolute Gasteiger partial charge is 0.492 e. The molecule has 1 aromatic rings. The van der Waals surface area contributed by atoms with Gasteiger partial charge in [-0.2, -0.15) is 0 Å². The van der Waals surface area contributed by atoms with Crippen LogP contribution in [0.15, 0.2) is 24.3 Å². The Hall–Kier alpha value is -1.55. The molecule has 0 saturated carbocycles. The molecule has 1 amide bonds. The number of amides is 1. The maximum Gasteiger partial charge on any atom is 0.220 e. The summed E-state index contributed by atoms with van der Waals surface area (Å²) in [6, 6.07) is 7.95. The van der Waals surface area contributed by atoms with Crippen molar-refractivity contribution in [3.63, 3.8) is 0 Å². The summed E-state index contributed by atoms with van der Waals surface area (Å²) in [5, 5.41) is 6.32. The van der Waals surface area contributed by atoms with Crippen molar-refractivity contribution in [2.75, 3.05) is 26.2 Å². The maximum absolute atomic E-state index is 12.0. The third kappa shape index (κ3) is 5.68. The average Bonchev–Trinajstić information content (AvgIpc) is 2.54. The van der Waals surface area contributed by atoms with Crippen molar-refractivity contribution in [2.24, 2.45) is 11.8 Å². The fraction of sp³-hybridized carbons (Fsp3) is 0.611. The number of hydrogen-bond acceptors (Lipinski definition) is 3. The molecule has 1 atom stereocenters. The minimum Gasteiger partial charge on any atom is -0.492 e. The van der Waals surface area contributed by atoms with Crippen LogP contribution in [0.4, 0.5) is 0 Å². The summed E-state index contributed by atoms with van der Waals surface area (Å²) in [5.74, 6) is 2.12. The summed E-state index contributed by atoms with van der Waals surface area (Å²) in [7, 11) is 0. The molecule has 2 N–H and O–H groups in total. The first-order valence-electron chi connectivity index (χ1n) is 8.32. The van der Waals surface area contributed by atoms with Crippen molar-refractivity contribution in [3.05, 3.63) is 29.8 Å². The second-order valence-corrected chi connectivity index (χ2v) is 6.28. The van der Waals surface area contributed by atoms with Crippen LogP contribution in [-0.2, 0) is 4.79 Å². The van der Waals surface area contributed by atoms with E-state index < -0.39 is 0 Å². The zero-order chi connectivity index (χ0) is 15.8. The van der Waals surface area contributed by atoms with E-state index >= 15 is 0 Å². The number of rotatable bonds is 7. The van der Waals surface area contributed by atoms with Gasteiger partial charge in [-0.15, -0.1) is 0 Å². The van der Waals surface area contributed by atoms with E-state index in [1.807, 2.05) is 31.2 Å². The molecular formula is C18H28N2O2. The van der Waals surface area contributed by atoms with Gasteiger partial charge in [-0.05, 0) is 56.8 Å². The highest BCUT2D eigenvalue weighted by molar-refractivity contribution is 5.76. The lowest BCUT2D eigenvalue weighted by Gasteiger charge is -2.27. The summed E-state index contributed by atoms with van der Waals surface area (Å²) in [6.07, 6.45) is 2.99. The van der Waals surface area contributed by atoms with Crippen LogP contribution in [0, 0.1) is 18.8 Å². The molecule has 0 bridgehead atoms. The summed E-state index contributed by atoms with van der Waals surface area (Å²) in [6.45, 7) is 7.48. The van der Waals surface area contributed by atoms with Crippen LogP contribution < -0.4 is 15.4 Å². The molecule has 2 rings (SSSR count). The lowest BCUT2D eigenvalue weighted by Crippen LogP contribution is -2.34. The number of nitrogens with one attached hydrogen (secondary N) is 2. The molecule has 1 saturated heterocycles. The Morgan fingerprint density at radius 3 is 2.68 bits per heavy atom. The molecule has 0 radical (unpaired) electrons. The number of aryl methyl sites for hydroxylation is 1. The number of carbonyl (C=O) groups excluding carboxylic acids is 1. The van der Waals surface area contributed by atoms with Crippen LogP contribution in [0.25, 0.3) is 0 Å². The van der Waals surface area contributed by atoms with E-state index in [0.717, 1.165) is 18.8 Å². The number of carbonyl (C=O) groups is 1. The van der Waals surface area contributed by atoms with Crippen molar-refractivity contribution in [2.45, 2.75) is 33.1 Å². The molecule has 1 heterocycles. The van der Waals surface area contributed by atoms with E-state index in [9.17, 15) is 4.79 Å². The van der Waals surface area contributed by atoms with E-state index in [1.165, 1.54) is 18.4 Å². The Morgan fingerprint density at radius 2 is 2.00 bits per heavy atom. The fourth-order valence-corrected chi connectivity index (χ4v) is 2.94. The van der Waals surface area contributed by atoms with Gasteiger partial charge >= 0.3 is 0 Å². The molecule has 4 heteroatoms. The molecule has 0 aliphatic carbocycles. The minimum absolute atomic E-state index is 0.138. The quantitative estimate of drug-likeness (QED) is 0.761. The monoisotopic (exact) mass is 304 g/mol. The van der Waals surface area contributed by atoms with Gasteiger partial charge in [0.1, 0.15) is 12.4 Å². The predicted octanol–water partition coefficient (Wildman–Crippen LogP) is 2.52. The lowest BCUT2D eigenvalue weighted by atomic mass is 9.84. The molecule has 1 aromatic carbocycles. The maximum atomic E-state index is 12.0.